The second-order valence-electron chi connectivity index (χ2n) is 5.74. The molecular weight excluding hydrogens is 264 g/mol. The summed E-state index contributed by atoms with van der Waals surface area (Å²) in [5.41, 5.74) is 3.97. The molecule has 0 bridgehead atoms. The van der Waals surface area contributed by atoms with Crippen LogP contribution in [0.5, 0.6) is 0 Å². The van der Waals surface area contributed by atoms with Gasteiger partial charge in [0.25, 0.3) is 0 Å². The van der Waals surface area contributed by atoms with Crippen molar-refractivity contribution in [2.45, 2.75) is 25.8 Å². The fourth-order valence-corrected chi connectivity index (χ4v) is 3.92. The highest BCUT2D eigenvalue weighted by molar-refractivity contribution is 6.12. The average Bonchev–Trinajstić information content (AvgIpc) is 2.84. The van der Waals surface area contributed by atoms with Crippen molar-refractivity contribution in [2.24, 2.45) is 0 Å². The third-order valence-electron chi connectivity index (χ3n) is 4.83. The Morgan fingerprint density at radius 2 is 2.19 bits per heavy atom. The van der Waals surface area contributed by atoms with E-state index in [9.17, 15) is 9.90 Å². The Morgan fingerprint density at radius 3 is 2.95 bits per heavy atom. The van der Waals surface area contributed by atoms with Crippen LogP contribution in [0.3, 0.4) is 0 Å². The molecule has 0 amide bonds. The first-order valence-electron chi connectivity index (χ1n) is 7.52. The predicted molar refractivity (Wildman–Crippen MR) is 82.2 cm³/mol. The summed E-state index contributed by atoms with van der Waals surface area (Å²) in [4.78, 5) is 14.1. The van der Waals surface area contributed by atoms with Gasteiger partial charge in [-0.05, 0) is 31.0 Å². The standard InChI is InChI=1S/C17H18N2O2/c1-2-18-10-9-12-11-5-3-4-6-13(11)19-15(17(20)21)8-7-14(18)16(12)19/h3-6,8,14H,2,7,9-10H2,1H3,(H,20,21)/t14-/m0/s1. The summed E-state index contributed by atoms with van der Waals surface area (Å²) in [6, 6.07) is 8.49. The van der Waals surface area contributed by atoms with Crippen LogP contribution in [0.15, 0.2) is 30.3 Å². The molecule has 0 spiro atoms. The monoisotopic (exact) mass is 282 g/mol. The molecule has 4 nitrogen and oxygen atoms in total. The second kappa shape index (κ2) is 4.46. The zero-order valence-corrected chi connectivity index (χ0v) is 12.0. The number of fused-ring (bicyclic) bond motifs is 3. The Bertz CT molecular complexity index is 772. The fraction of sp³-hybridized carbons (Fsp3) is 0.353. The minimum atomic E-state index is -0.842. The number of hydrogen-bond donors (Lipinski definition) is 1. The Labute approximate surface area is 123 Å². The number of carbonyl (C=O) groups is 1. The van der Waals surface area contributed by atoms with Gasteiger partial charge in [-0.1, -0.05) is 31.2 Å². The summed E-state index contributed by atoms with van der Waals surface area (Å²) in [6.07, 6.45) is 3.67. The van der Waals surface area contributed by atoms with E-state index in [1.54, 1.807) is 0 Å². The number of benzene rings is 1. The van der Waals surface area contributed by atoms with E-state index in [4.69, 9.17) is 0 Å². The molecule has 1 aromatic carbocycles. The number of carboxylic acid groups (broad SMARTS) is 1. The normalized spacial score (nSPS) is 21.2. The highest BCUT2D eigenvalue weighted by Crippen LogP contribution is 2.43. The zero-order valence-electron chi connectivity index (χ0n) is 12.0. The SMILES string of the molecule is CCN1CCc2c3n(c4ccccc24)C(C(=O)O)=CC[C@@H]31. The van der Waals surface area contributed by atoms with E-state index in [0.717, 1.165) is 31.4 Å². The van der Waals surface area contributed by atoms with Crippen LogP contribution in [-0.4, -0.2) is 33.6 Å². The predicted octanol–water partition coefficient (Wildman–Crippen LogP) is 2.89. The molecule has 0 saturated carbocycles. The van der Waals surface area contributed by atoms with Gasteiger partial charge in [-0.25, -0.2) is 4.79 Å². The molecule has 0 unspecified atom stereocenters. The van der Waals surface area contributed by atoms with E-state index < -0.39 is 5.97 Å². The van der Waals surface area contributed by atoms with E-state index in [1.807, 2.05) is 28.8 Å². The second-order valence-corrected chi connectivity index (χ2v) is 5.74. The van der Waals surface area contributed by atoms with Gasteiger partial charge >= 0.3 is 5.97 Å². The molecule has 1 atom stereocenters. The van der Waals surface area contributed by atoms with Gasteiger partial charge in [0.05, 0.1) is 11.6 Å². The quantitative estimate of drug-likeness (QED) is 0.921. The van der Waals surface area contributed by atoms with Crippen molar-refractivity contribution < 1.29 is 9.90 Å². The molecule has 1 N–H and O–H groups in total. The molecule has 21 heavy (non-hydrogen) atoms. The van der Waals surface area contributed by atoms with Crippen molar-refractivity contribution in [3.05, 3.63) is 41.6 Å². The van der Waals surface area contributed by atoms with Crippen molar-refractivity contribution in [3.8, 4) is 0 Å². The summed E-state index contributed by atoms with van der Waals surface area (Å²) in [6.45, 7) is 4.23. The average molecular weight is 282 g/mol. The Balaban J connectivity index is 2.07. The molecule has 1 aromatic heterocycles. The van der Waals surface area contributed by atoms with Gasteiger partial charge in [0.15, 0.2) is 0 Å². The minimum Gasteiger partial charge on any atom is -0.477 e. The fourth-order valence-electron chi connectivity index (χ4n) is 3.92. The Kier molecular flexibility index (Phi) is 2.69. The molecule has 0 radical (unpaired) electrons. The third-order valence-corrected chi connectivity index (χ3v) is 4.83. The van der Waals surface area contributed by atoms with Crippen LogP contribution in [0, 0.1) is 0 Å². The maximum atomic E-state index is 11.6. The largest absolute Gasteiger partial charge is 0.477 e. The number of hydrogen-bond acceptors (Lipinski definition) is 2. The molecule has 0 saturated heterocycles. The van der Waals surface area contributed by atoms with Crippen LogP contribution < -0.4 is 0 Å². The van der Waals surface area contributed by atoms with Gasteiger partial charge in [0.1, 0.15) is 5.70 Å². The Hall–Kier alpha value is -2.07. The summed E-state index contributed by atoms with van der Waals surface area (Å²) in [5, 5.41) is 10.8. The number of carboxylic acids is 1. The van der Waals surface area contributed by atoms with Crippen molar-refractivity contribution in [2.75, 3.05) is 13.1 Å². The van der Waals surface area contributed by atoms with Crippen LogP contribution in [0.2, 0.25) is 0 Å². The van der Waals surface area contributed by atoms with E-state index in [0.29, 0.717) is 11.7 Å². The molecule has 4 rings (SSSR count). The number of likely N-dealkylation sites (N-methyl/N-ethyl adjacent to an activating group) is 1. The molecule has 0 fully saturated rings. The van der Waals surface area contributed by atoms with Gasteiger partial charge in [0, 0.05) is 17.6 Å². The molecule has 108 valence electrons. The van der Waals surface area contributed by atoms with Crippen molar-refractivity contribution >= 4 is 22.6 Å². The first-order valence-corrected chi connectivity index (χ1v) is 7.52. The molecule has 3 heterocycles. The van der Waals surface area contributed by atoms with E-state index >= 15 is 0 Å². The maximum absolute atomic E-state index is 11.6. The van der Waals surface area contributed by atoms with Gasteiger partial charge in [-0.2, -0.15) is 0 Å². The smallest absolute Gasteiger partial charge is 0.352 e. The van der Waals surface area contributed by atoms with Crippen molar-refractivity contribution in [1.82, 2.24) is 9.47 Å². The number of rotatable bonds is 2. The maximum Gasteiger partial charge on any atom is 0.352 e. The summed E-state index contributed by atoms with van der Waals surface area (Å²) >= 11 is 0. The van der Waals surface area contributed by atoms with Crippen molar-refractivity contribution in [3.63, 3.8) is 0 Å². The lowest BCUT2D eigenvalue weighted by Gasteiger charge is -2.38. The van der Waals surface area contributed by atoms with E-state index in [1.165, 1.54) is 16.6 Å². The third kappa shape index (κ3) is 1.62. The van der Waals surface area contributed by atoms with Crippen molar-refractivity contribution in [1.29, 1.82) is 0 Å². The lowest BCUT2D eigenvalue weighted by molar-refractivity contribution is -0.130. The molecule has 0 aliphatic carbocycles. The lowest BCUT2D eigenvalue weighted by Crippen LogP contribution is -2.37. The highest BCUT2D eigenvalue weighted by atomic mass is 16.4. The first-order chi connectivity index (χ1) is 10.2. The van der Waals surface area contributed by atoms with Gasteiger partial charge in [-0.15, -0.1) is 0 Å². The summed E-state index contributed by atoms with van der Waals surface area (Å²) in [7, 11) is 0. The summed E-state index contributed by atoms with van der Waals surface area (Å²) < 4.78 is 1.98. The number of para-hydroxylation sites is 1. The van der Waals surface area contributed by atoms with E-state index in [-0.39, 0.29) is 0 Å². The molecule has 2 aromatic rings. The van der Waals surface area contributed by atoms with Crippen LogP contribution in [0.25, 0.3) is 16.6 Å². The highest BCUT2D eigenvalue weighted by Gasteiger charge is 2.36. The first kappa shape index (κ1) is 12.7. The van der Waals surface area contributed by atoms with Crippen LogP contribution in [-0.2, 0) is 11.2 Å². The topological polar surface area (TPSA) is 45.5 Å². The van der Waals surface area contributed by atoms with Crippen LogP contribution in [0.4, 0.5) is 0 Å². The molecule has 2 aliphatic heterocycles. The van der Waals surface area contributed by atoms with Gasteiger partial charge in [0.2, 0.25) is 0 Å². The van der Waals surface area contributed by atoms with Gasteiger partial charge in [-0.3, -0.25) is 4.90 Å². The number of nitrogens with zero attached hydrogens (tertiary/aromatic N) is 2. The number of aliphatic carboxylic acids is 1. The Morgan fingerprint density at radius 1 is 1.38 bits per heavy atom. The molecular formula is C17H18N2O2. The minimum absolute atomic E-state index is 0.314. The summed E-state index contributed by atoms with van der Waals surface area (Å²) in [5.74, 6) is -0.842. The van der Waals surface area contributed by atoms with Crippen LogP contribution >= 0.6 is 0 Å². The molecule has 2 aliphatic rings. The van der Waals surface area contributed by atoms with Gasteiger partial charge < -0.3 is 9.67 Å². The molecule has 4 heteroatoms. The lowest BCUT2D eigenvalue weighted by atomic mass is 9.93. The van der Waals surface area contributed by atoms with E-state index in [2.05, 4.69) is 17.9 Å². The van der Waals surface area contributed by atoms with Crippen LogP contribution in [0.1, 0.15) is 30.6 Å². The zero-order chi connectivity index (χ0) is 14.6. The number of aromatic nitrogens is 1.